The van der Waals surface area contributed by atoms with Crippen molar-refractivity contribution in [3.63, 3.8) is 0 Å². The normalized spacial score (nSPS) is 14.8. The van der Waals surface area contributed by atoms with E-state index >= 15 is 0 Å². The Kier molecular flexibility index (Phi) is 5.46. The lowest BCUT2D eigenvalue weighted by Gasteiger charge is -2.19. The van der Waals surface area contributed by atoms with Crippen molar-refractivity contribution in [2.24, 2.45) is 5.73 Å². The third-order valence-electron chi connectivity index (χ3n) is 2.63. The predicted molar refractivity (Wildman–Crippen MR) is 66.9 cm³/mol. The van der Waals surface area contributed by atoms with Crippen molar-refractivity contribution in [1.29, 1.82) is 0 Å². The van der Waals surface area contributed by atoms with Crippen LogP contribution < -0.4 is 11.1 Å². The molecule has 16 heavy (non-hydrogen) atoms. The number of rotatable bonds is 6. The molecule has 1 rings (SSSR count). The van der Waals surface area contributed by atoms with Crippen LogP contribution >= 0.6 is 0 Å². The number of hydrogen-bond donors (Lipinski definition) is 3. The summed E-state index contributed by atoms with van der Waals surface area (Å²) in [5.74, 6) is 0. The number of hydrogen-bond acceptors (Lipinski definition) is 3. The van der Waals surface area contributed by atoms with Gasteiger partial charge in [0, 0.05) is 12.6 Å². The maximum Gasteiger partial charge on any atom is 0.120 e. The Morgan fingerprint density at radius 3 is 2.81 bits per heavy atom. The number of benzene rings is 1. The smallest absolute Gasteiger partial charge is 0.120 e. The number of aliphatic hydroxyl groups excluding tert-OH is 1. The highest BCUT2D eigenvalue weighted by Crippen LogP contribution is 2.04. The fourth-order valence-corrected chi connectivity index (χ4v) is 1.69. The Morgan fingerprint density at radius 2 is 2.19 bits per heavy atom. The van der Waals surface area contributed by atoms with Crippen LogP contribution in [0.5, 0.6) is 0 Å². The van der Waals surface area contributed by atoms with E-state index in [-0.39, 0.29) is 6.04 Å². The highest BCUT2D eigenvalue weighted by molar-refractivity contribution is 5.21. The van der Waals surface area contributed by atoms with Crippen LogP contribution in [0.1, 0.15) is 30.9 Å². The lowest BCUT2D eigenvalue weighted by molar-refractivity contribution is 0.103. The molecule has 3 nitrogen and oxygen atoms in total. The molecule has 0 aliphatic heterocycles. The SMILES string of the molecule is CCCC(N)C(O)NCc1cccc(C)c1. The first-order chi connectivity index (χ1) is 7.63. The van der Waals surface area contributed by atoms with Gasteiger partial charge < -0.3 is 10.8 Å². The van der Waals surface area contributed by atoms with Crippen LogP contribution in [0.15, 0.2) is 24.3 Å². The number of aliphatic hydroxyl groups is 1. The van der Waals surface area contributed by atoms with Gasteiger partial charge in [0.2, 0.25) is 0 Å². The Labute approximate surface area is 97.7 Å². The van der Waals surface area contributed by atoms with E-state index in [1.165, 1.54) is 11.1 Å². The summed E-state index contributed by atoms with van der Waals surface area (Å²) in [5, 5.41) is 12.8. The topological polar surface area (TPSA) is 58.3 Å². The maximum absolute atomic E-state index is 9.74. The van der Waals surface area contributed by atoms with Crippen LogP contribution in [-0.4, -0.2) is 17.4 Å². The summed E-state index contributed by atoms with van der Waals surface area (Å²) in [4.78, 5) is 0. The molecule has 0 bridgehead atoms. The third kappa shape index (κ3) is 4.31. The van der Waals surface area contributed by atoms with Crippen molar-refractivity contribution in [3.05, 3.63) is 35.4 Å². The fraction of sp³-hybridized carbons (Fsp3) is 0.538. The molecule has 1 aromatic rings. The van der Waals surface area contributed by atoms with Crippen LogP contribution in [0.25, 0.3) is 0 Å². The summed E-state index contributed by atoms with van der Waals surface area (Å²) in [6.45, 7) is 4.77. The van der Waals surface area contributed by atoms with E-state index in [2.05, 4.69) is 31.3 Å². The van der Waals surface area contributed by atoms with Crippen molar-refractivity contribution in [2.45, 2.75) is 45.5 Å². The van der Waals surface area contributed by atoms with Gasteiger partial charge in [0.1, 0.15) is 6.23 Å². The molecule has 0 saturated heterocycles. The van der Waals surface area contributed by atoms with E-state index < -0.39 is 6.23 Å². The molecular formula is C13H22N2O. The molecule has 0 spiro atoms. The Hall–Kier alpha value is -0.900. The predicted octanol–water partition coefficient (Wildman–Crippen LogP) is 1.53. The molecule has 0 saturated carbocycles. The molecule has 4 N–H and O–H groups in total. The lowest BCUT2D eigenvalue weighted by atomic mass is 10.1. The standard InChI is InChI=1S/C13H22N2O/c1-3-5-12(14)13(16)15-9-11-7-4-6-10(2)8-11/h4,6-8,12-13,15-16H,3,5,9,14H2,1-2H3. The zero-order chi connectivity index (χ0) is 12.0. The van der Waals surface area contributed by atoms with Gasteiger partial charge in [0.05, 0.1) is 0 Å². The first kappa shape index (κ1) is 13.2. The van der Waals surface area contributed by atoms with E-state index in [9.17, 15) is 5.11 Å². The Morgan fingerprint density at radius 1 is 1.44 bits per heavy atom. The minimum atomic E-state index is -0.625. The van der Waals surface area contributed by atoms with E-state index in [0.29, 0.717) is 6.54 Å². The minimum absolute atomic E-state index is 0.185. The maximum atomic E-state index is 9.74. The average molecular weight is 222 g/mol. The summed E-state index contributed by atoms with van der Waals surface area (Å²) in [5.41, 5.74) is 8.21. The first-order valence-electron chi connectivity index (χ1n) is 5.86. The van der Waals surface area contributed by atoms with Gasteiger partial charge in [0.15, 0.2) is 0 Å². The molecule has 0 amide bonds. The Bertz CT molecular complexity index is 315. The second kappa shape index (κ2) is 6.63. The summed E-state index contributed by atoms with van der Waals surface area (Å²) < 4.78 is 0. The van der Waals surface area contributed by atoms with E-state index in [0.717, 1.165) is 12.8 Å². The third-order valence-corrected chi connectivity index (χ3v) is 2.63. The van der Waals surface area contributed by atoms with Gasteiger partial charge in [-0.05, 0) is 18.9 Å². The van der Waals surface area contributed by atoms with Crippen LogP contribution in [0.4, 0.5) is 0 Å². The van der Waals surface area contributed by atoms with Crippen LogP contribution in [0.3, 0.4) is 0 Å². The number of nitrogens with one attached hydrogen (secondary N) is 1. The molecule has 0 aliphatic carbocycles. The molecule has 0 aromatic heterocycles. The molecule has 0 heterocycles. The van der Waals surface area contributed by atoms with Crippen molar-refractivity contribution in [3.8, 4) is 0 Å². The lowest BCUT2D eigenvalue weighted by Crippen LogP contribution is -2.44. The van der Waals surface area contributed by atoms with Gasteiger partial charge in [-0.15, -0.1) is 0 Å². The molecule has 0 aliphatic rings. The molecule has 0 radical (unpaired) electrons. The molecule has 3 heteroatoms. The fourth-order valence-electron chi connectivity index (χ4n) is 1.69. The molecule has 2 unspecified atom stereocenters. The molecule has 2 atom stereocenters. The minimum Gasteiger partial charge on any atom is -0.377 e. The highest BCUT2D eigenvalue weighted by Gasteiger charge is 2.12. The second-order valence-corrected chi connectivity index (χ2v) is 4.27. The molecule has 0 fully saturated rings. The Balaban J connectivity index is 2.39. The van der Waals surface area contributed by atoms with Crippen molar-refractivity contribution in [1.82, 2.24) is 5.32 Å². The van der Waals surface area contributed by atoms with Gasteiger partial charge in [-0.25, -0.2) is 0 Å². The largest absolute Gasteiger partial charge is 0.377 e. The average Bonchev–Trinajstić information content (AvgIpc) is 2.26. The van der Waals surface area contributed by atoms with E-state index in [4.69, 9.17) is 5.73 Å². The van der Waals surface area contributed by atoms with Gasteiger partial charge >= 0.3 is 0 Å². The highest BCUT2D eigenvalue weighted by atomic mass is 16.3. The van der Waals surface area contributed by atoms with Crippen molar-refractivity contribution >= 4 is 0 Å². The van der Waals surface area contributed by atoms with Crippen LogP contribution in [0.2, 0.25) is 0 Å². The summed E-state index contributed by atoms with van der Waals surface area (Å²) in [7, 11) is 0. The summed E-state index contributed by atoms with van der Waals surface area (Å²) in [6, 6.07) is 8.03. The van der Waals surface area contributed by atoms with Crippen molar-refractivity contribution < 1.29 is 5.11 Å². The summed E-state index contributed by atoms with van der Waals surface area (Å²) >= 11 is 0. The first-order valence-corrected chi connectivity index (χ1v) is 5.86. The number of aryl methyl sites for hydroxylation is 1. The van der Waals surface area contributed by atoms with E-state index in [1.54, 1.807) is 0 Å². The molecular weight excluding hydrogens is 200 g/mol. The van der Waals surface area contributed by atoms with Gasteiger partial charge in [-0.2, -0.15) is 0 Å². The van der Waals surface area contributed by atoms with Gasteiger partial charge in [-0.3, -0.25) is 5.32 Å². The van der Waals surface area contributed by atoms with Gasteiger partial charge in [-0.1, -0.05) is 43.2 Å². The quantitative estimate of drug-likeness (QED) is 0.640. The zero-order valence-electron chi connectivity index (χ0n) is 10.1. The second-order valence-electron chi connectivity index (χ2n) is 4.27. The summed E-state index contributed by atoms with van der Waals surface area (Å²) in [6.07, 6.45) is 1.20. The van der Waals surface area contributed by atoms with Crippen LogP contribution in [-0.2, 0) is 6.54 Å². The monoisotopic (exact) mass is 222 g/mol. The van der Waals surface area contributed by atoms with Crippen LogP contribution in [0, 0.1) is 6.92 Å². The molecule has 1 aromatic carbocycles. The molecule has 90 valence electrons. The number of nitrogens with two attached hydrogens (primary N) is 1. The van der Waals surface area contributed by atoms with E-state index in [1.807, 2.05) is 12.1 Å². The zero-order valence-corrected chi connectivity index (χ0v) is 10.1. The van der Waals surface area contributed by atoms with Crippen molar-refractivity contribution in [2.75, 3.05) is 0 Å². The van der Waals surface area contributed by atoms with Gasteiger partial charge in [0.25, 0.3) is 0 Å².